The molecule has 9 heteroatoms. The highest BCUT2D eigenvalue weighted by atomic mass is 16.6. The molecule has 0 aliphatic heterocycles. The Morgan fingerprint density at radius 2 is 2.09 bits per heavy atom. The number of methoxy groups -OCH3 is 1. The van der Waals surface area contributed by atoms with Crippen LogP contribution < -0.4 is 5.32 Å². The number of carbonyl (C=O) groups excluding carboxylic acids is 2. The lowest BCUT2D eigenvalue weighted by Gasteiger charge is -2.24. The Labute approximate surface area is 134 Å². The number of nitrogens with one attached hydrogen (secondary N) is 1. The van der Waals surface area contributed by atoms with Gasteiger partial charge in [0.1, 0.15) is 18.4 Å². The number of amides is 1. The second kappa shape index (κ2) is 8.86. The lowest BCUT2D eigenvalue weighted by molar-refractivity contribution is -0.385. The standard InChI is InChI=1S/C14H22N4O5/c1-4-10(5-2)13(14(20)23-3)16-12(19)6-7-17-9-11(8-15-17)18(21)22/h8-10,13H,4-7H2,1-3H3,(H,16,19)/t13-/m1/s1. The highest BCUT2D eigenvalue weighted by Crippen LogP contribution is 2.15. The molecule has 0 unspecified atom stereocenters. The number of nitro groups is 1. The molecule has 0 aliphatic carbocycles. The molecule has 1 aromatic heterocycles. The predicted octanol–water partition coefficient (Wildman–Crippen LogP) is 1.28. The Bertz CT molecular complexity index is 553. The van der Waals surface area contributed by atoms with Crippen molar-refractivity contribution in [3.8, 4) is 0 Å². The molecule has 0 bridgehead atoms. The number of aryl methyl sites for hydroxylation is 1. The zero-order chi connectivity index (χ0) is 17.4. The molecular weight excluding hydrogens is 304 g/mol. The smallest absolute Gasteiger partial charge is 0.328 e. The van der Waals surface area contributed by atoms with E-state index in [-0.39, 0.29) is 30.5 Å². The molecule has 0 aliphatic rings. The van der Waals surface area contributed by atoms with Crippen molar-refractivity contribution in [3.63, 3.8) is 0 Å². The van der Waals surface area contributed by atoms with Gasteiger partial charge in [-0.1, -0.05) is 26.7 Å². The number of esters is 1. The van der Waals surface area contributed by atoms with Crippen molar-refractivity contribution in [1.82, 2.24) is 15.1 Å². The van der Waals surface area contributed by atoms with E-state index in [1.54, 1.807) is 0 Å². The minimum atomic E-state index is -0.686. The molecule has 0 radical (unpaired) electrons. The van der Waals surface area contributed by atoms with Crippen LogP contribution in [0.15, 0.2) is 12.4 Å². The van der Waals surface area contributed by atoms with Gasteiger partial charge in [0, 0.05) is 13.0 Å². The minimum Gasteiger partial charge on any atom is -0.467 e. The van der Waals surface area contributed by atoms with Crippen LogP contribution in [0.5, 0.6) is 0 Å². The number of rotatable bonds is 9. The van der Waals surface area contributed by atoms with Gasteiger partial charge >= 0.3 is 11.7 Å². The van der Waals surface area contributed by atoms with Crippen molar-refractivity contribution in [2.24, 2.45) is 5.92 Å². The second-order valence-electron chi connectivity index (χ2n) is 5.11. The third-order valence-electron chi connectivity index (χ3n) is 3.69. The van der Waals surface area contributed by atoms with Crippen LogP contribution in [0.2, 0.25) is 0 Å². The lowest BCUT2D eigenvalue weighted by atomic mass is 9.94. The zero-order valence-electron chi connectivity index (χ0n) is 13.5. The summed E-state index contributed by atoms with van der Waals surface area (Å²) in [4.78, 5) is 33.9. The predicted molar refractivity (Wildman–Crippen MR) is 81.5 cm³/mol. The van der Waals surface area contributed by atoms with Gasteiger partial charge < -0.3 is 10.1 Å². The van der Waals surface area contributed by atoms with Crippen molar-refractivity contribution in [1.29, 1.82) is 0 Å². The first-order chi connectivity index (χ1) is 10.9. The van der Waals surface area contributed by atoms with Crippen LogP contribution in [0.25, 0.3) is 0 Å². The summed E-state index contributed by atoms with van der Waals surface area (Å²) in [5, 5.41) is 17.1. The van der Waals surface area contributed by atoms with Crippen LogP contribution in [0.4, 0.5) is 5.69 Å². The lowest BCUT2D eigenvalue weighted by Crippen LogP contribution is -2.46. The van der Waals surface area contributed by atoms with Gasteiger partial charge in [-0.2, -0.15) is 5.10 Å². The fraction of sp³-hybridized carbons (Fsp3) is 0.643. The highest BCUT2D eigenvalue weighted by molar-refractivity contribution is 5.84. The van der Waals surface area contributed by atoms with Crippen molar-refractivity contribution in [2.45, 2.75) is 45.7 Å². The van der Waals surface area contributed by atoms with Crippen molar-refractivity contribution >= 4 is 17.6 Å². The molecule has 1 amide bonds. The van der Waals surface area contributed by atoms with E-state index < -0.39 is 16.9 Å². The number of aromatic nitrogens is 2. The number of hydrogen-bond acceptors (Lipinski definition) is 6. The topological polar surface area (TPSA) is 116 Å². The number of carbonyl (C=O) groups is 2. The van der Waals surface area contributed by atoms with E-state index in [0.29, 0.717) is 0 Å². The summed E-state index contributed by atoms with van der Waals surface area (Å²) < 4.78 is 6.07. The Hall–Kier alpha value is -2.45. The third kappa shape index (κ3) is 5.35. The van der Waals surface area contributed by atoms with E-state index in [0.717, 1.165) is 19.0 Å². The fourth-order valence-electron chi connectivity index (χ4n) is 2.29. The maximum atomic E-state index is 12.0. The van der Waals surface area contributed by atoms with Gasteiger partial charge in [-0.05, 0) is 5.92 Å². The SMILES string of the molecule is CCC(CC)[C@@H](NC(=O)CCn1cc([N+](=O)[O-])cn1)C(=O)OC. The van der Waals surface area contributed by atoms with Gasteiger partial charge in [0.05, 0.1) is 12.0 Å². The Kier molecular flexibility index (Phi) is 7.17. The minimum absolute atomic E-state index is 0.00260. The van der Waals surface area contributed by atoms with Crippen molar-refractivity contribution < 1.29 is 19.2 Å². The summed E-state index contributed by atoms with van der Waals surface area (Å²) in [6, 6.07) is -0.686. The molecule has 1 aromatic rings. The van der Waals surface area contributed by atoms with Crippen LogP contribution in [0, 0.1) is 16.0 Å². The quantitative estimate of drug-likeness (QED) is 0.415. The van der Waals surface area contributed by atoms with Crippen LogP contribution in [0.1, 0.15) is 33.1 Å². The van der Waals surface area contributed by atoms with E-state index in [2.05, 4.69) is 10.4 Å². The van der Waals surface area contributed by atoms with Gasteiger partial charge in [0.25, 0.3) is 0 Å². The fourth-order valence-corrected chi connectivity index (χ4v) is 2.29. The molecule has 9 nitrogen and oxygen atoms in total. The van der Waals surface area contributed by atoms with Gasteiger partial charge in [-0.15, -0.1) is 0 Å². The van der Waals surface area contributed by atoms with Gasteiger partial charge in [0.2, 0.25) is 5.91 Å². The van der Waals surface area contributed by atoms with Crippen LogP contribution >= 0.6 is 0 Å². The van der Waals surface area contributed by atoms with Crippen molar-refractivity contribution in [2.75, 3.05) is 7.11 Å². The molecule has 128 valence electrons. The van der Waals surface area contributed by atoms with Gasteiger partial charge in [-0.25, -0.2) is 4.79 Å². The van der Waals surface area contributed by atoms with E-state index in [4.69, 9.17) is 4.74 Å². The Balaban J connectivity index is 2.60. The molecular formula is C14H22N4O5. The summed E-state index contributed by atoms with van der Waals surface area (Å²) in [5.74, 6) is -0.801. The largest absolute Gasteiger partial charge is 0.467 e. The summed E-state index contributed by atoms with van der Waals surface area (Å²) in [5.41, 5.74) is -0.130. The first-order valence-corrected chi connectivity index (χ1v) is 7.46. The van der Waals surface area contributed by atoms with E-state index in [9.17, 15) is 19.7 Å². The molecule has 1 N–H and O–H groups in total. The zero-order valence-corrected chi connectivity index (χ0v) is 13.5. The number of nitrogens with zero attached hydrogens (tertiary/aromatic N) is 3. The summed E-state index contributed by atoms with van der Waals surface area (Å²) in [6.07, 6.45) is 3.92. The average molecular weight is 326 g/mol. The van der Waals surface area contributed by atoms with Gasteiger partial charge in [0.15, 0.2) is 0 Å². The Morgan fingerprint density at radius 3 is 2.57 bits per heavy atom. The number of ether oxygens (including phenoxy) is 1. The monoisotopic (exact) mass is 326 g/mol. The molecule has 0 saturated heterocycles. The molecule has 0 saturated carbocycles. The highest BCUT2D eigenvalue weighted by Gasteiger charge is 2.28. The third-order valence-corrected chi connectivity index (χ3v) is 3.69. The Morgan fingerprint density at radius 1 is 1.43 bits per heavy atom. The normalized spacial score (nSPS) is 12.0. The van der Waals surface area contributed by atoms with E-state index in [1.165, 1.54) is 18.0 Å². The van der Waals surface area contributed by atoms with Crippen LogP contribution in [0.3, 0.4) is 0 Å². The van der Waals surface area contributed by atoms with E-state index in [1.807, 2.05) is 13.8 Å². The van der Waals surface area contributed by atoms with Gasteiger partial charge in [-0.3, -0.25) is 19.6 Å². The number of hydrogen-bond donors (Lipinski definition) is 1. The van der Waals surface area contributed by atoms with Crippen LogP contribution in [-0.4, -0.2) is 39.7 Å². The molecule has 1 heterocycles. The van der Waals surface area contributed by atoms with Crippen molar-refractivity contribution in [3.05, 3.63) is 22.5 Å². The maximum Gasteiger partial charge on any atom is 0.328 e. The molecule has 0 fully saturated rings. The molecule has 23 heavy (non-hydrogen) atoms. The van der Waals surface area contributed by atoms with E-state index >= 15 is 0 Å². The molecule has 1 atom stereocenters. The molecule has 0 spiro atoms. The second-order valence-corrected chi connectivity index (χ2v) is 5.11. The first kappa shape index (κ1) is 18.6. The van der Waals surface area contributed by atoms with Crippen LogP contribution in [-0.2, 0) is 20.9 Å². The first-order valence-electron chi connectivity index (χ1n) is 7.46. The molecule has 1 rings (SSSR count). The maximum absolute atomic E-state index is 12.0. The summed E-state index contributed by atoms with van der Waals surface area (Å²) in [6.45, 7) is 4.08. The summed E-state index contributed by atoms with van der Waals surface area (Å²) in [7, 11) is 1.28. The summed E-state index contributed by atoms with van der Waals surface area (Å²) >= 11 is 0. The average Bonchev–Trinajstić information content (AvgIpc) is 3.01. The molecule has 0 aromatic carbocycles.